The smallest absolute Gasteiger partial charge is 0.257 e. The van der Waals surface area contributed by atoms with E-state index in [0.717, 1.165) is 0 Å². The predicted octanol–water partition coefficient (Wildman–Crippen LogP) is 0.931. The fraction of sp³-hybridized carbons (Fsp3) is 0.500. The maximum Gasteiger partial charge on any atom is 0.257 e. The number of aryl methyl sites for hydroxylation is 1. The number of aromatic nitrogens is 2. The second-order valence-corrected chi connectivity index (χ2v) is 2.01. The van der Waals surface area contributed by atoms with Crippen LogP contribution >= 0.6 is 0 Å². The van der Waals surface area contributed by atoms with E-state index in [-0.39, 0.29) is 6.61 Å². The van der Waals surface area contributed by atoms with E-state index in [9.17, 15) is 0 Å². The summed E-state index contributed by atoms with van der Waals surface area (Å²) >= 11 is 0. The Labute approximate surface area is 77.7 Å². The number of nitriles is 1. The van der Waals surface area contributed by atoms with Crippen LogP contribution in [0.15, 0.2) is 6.20 Å². The lowest BCUT2D eigenvalue weighted by molar-refractivity contribution is 0.350. The molecule has 1 heterocycles. The number of rotatable bonds is 2. The molecular formula is C8H14N4O. The lowest BCUT2D eigenvalue weighted by atomic mass is 10.6. The molecule has 1 rings (SSSR count). The molecule has 5 heteroatoms. The van der Waals surface area contributed by atoms with Gasteiger partial charge in [0.1, 0.15) is 11.8 Å². The third kappa shape index (κ3) is 3.47. The molecule has 72 valence electrons. The third-order valence-electron chi connectivity index (χ3n) is 1.09. The normalized spacial score (nSPS) is 8.15. The van der Waals surface area contributed by atoms with Gasteiger partial charge in [0, 0.05) is 7.05 Å². The van der Waals surface area contributed by atoms with Crippen LogP contribution in [-0.4, -0.2) is 16.4 Å². The van der Waals surface area contributed by atoms with Gasteiger partial charge < -0.3 is 10.5 Å². The number of nitrogens with zero attached hydrogens (tertiary/aromatic N) is 3. The Kier molecular flexibility index (Phi) is 5.12. The van der Waals surface area contributed by atoms with Crippen molar-refractivity contribution in [3.05, 3.63) is 6.20 Å². The first-order valence-corrected chi connectivity index (χ1v) is 4.03. The van der Waals surface area contributed by atoms with Gasteiger partial charge in [0.25, 0.3) is 5.88 Å². The first-order valence-electron chi connectivity index (χ1n) is 4.03. The number of nitrogen functional groups attached to an aromatic ring is 1. The lowest BCUT2D eigenvalue weighted by Gasteiger charge is -1.94. The third-order valence-corrected chi connectivity index (χ3v) is 1.09. The van der Waals surface area contributed by atoms with Gasteiger partial charge in [-0.05, 0) is 0 Å². The van der Waals surface area contributed by atoms with E-state index in [1.807, 2.05) is 19.9 Å². The summed E-state index contributed by atoms with van der Waals surface area (Å²) in [5.74, 6) is 0.314. The highest BCUT2D eigenvalue weighted by atomic mass is 16.5. The Morgan fingerprint density at radius 2 is 2.31 bits per heavy atom. The molecule has 1 aromatic heterocycles. The zero-order valence-corrected chi connectivity index (χ0v) is 8.11. The van der Waals surface area contributed by atoms with Crippen molar-refractivity contribution < 1.29 is 4.74 Å². The van der Waals surface area contributed by atoms with E-state index < -0.39 is 0 Å². The SMILES string of the molecule is CC.Cn1cc(N)c(OCC#N)n1. The van der Waals surface area contributed by atoms with Crippen molar-refractivity contribution in [3.8, 4) is 11.9 Å². The summed E-state index contributed by atoms with van der Waals surface area (Å²) in [6, 6.07) is 1.83. The van der Waals surface area contributed by atoms with Gasteiger partial charge in [-0.25, -0.2) is 0 Å². The molecule has 0 aliphatic heterocycles. The maximum absolute atomic E-state index is 8.17. The average Bonchev–Trinajstić information content (AvgIpc) is 2.45. The van der Waals surface area contributed by atoms with E-state index in [2.05, 4.69) is 5.10 Å². The summed E-state index contributed by atoms with van der Waals surface area (Å²) in [5.41, 5.74) is 5.91. The minimum Gasteiger partial charge on any atom is -0.460 e. The number of nitrogens with two attached hydrogens (primary N) is 1. The molecule has 0 bridgehead atoms. The number of ether oxygens (including phenoxy) is 1. The number of hydrogen-bond donors (Lipinski definition) is 1. The monoisotopic (exact) mass is 182 g/mol. The number of anilines is 1. The van der Waals surface area contributed by atoms with E-state index in [1.165, 1.54) is 4.68 Å². The van der Waals surface area contributed by atoms with Gasteiger partial charge in [0.05, 0.1) is 6.20 Å². The van der Waals surface area contributed by atoms with Crippen molar-refractivity contribution in [3.63, 3.8) is 0 Å². The first-order chi connectivity index (χ1) is 6.24. The Bertz CT molecular complexity index is 287. The molecule has 0 unspecified atom stereocenters. The van der Waals surface area contributed by atoms with Crippen LogP contribution in [0.2, 0.25) is 0 Å². The maximum atomic E-state index is 8.17. The quantitative estimate of drug-likeness (QED) is 0.738. The summed E-state index contributed by atoms with van der Waals surface area (Å²) < 4.78 is 6.42. The Morgan fingerprint density at radius 3 is 2.69 bits per heavy atom. The molecule has 1 aromatic rings. The standard InChI is InChI=1S/C6H8N4O.C2H6/c1-10-4-5(8)6(9-10)11-3-2-7;1-2/h4H,3,8H2,1H3;1-2H3. The summed E-state index contributed by atoms with van der Waals surface area (Å²) in [7, 11) is 1.73. The van der Waals surface area contributed by atoms with Gasteiger partial charge in [0.15, 0.2) is 6.61 Å². The van der Waals surface area contributed by atoms with Crippen molar-refractivity contribution in [2.24, 2.45) is 7.05 Å². The van der Waals surface area contributed by atoms with Crippen LogP contribution in [0.4, 0.5) is 5.69 Å². The topological polar surface area (TPSA) is 76.9 Å². The highest BCUT2D eigenvalue weighted by Gasteiger charge is 2.03. The molecule has 0 spiro atoms. The zero-order valence-electron chi connectivity index (χ0n) is 8.11. The van der Waals surface area contributed by atoms with Crippen LogP contribution in [0.25, 0.3) is 0 Å². The van der Waals surface area contributed by atoms with Crippen LogP contribution in [0.3, 0.4) is 0 Å². The lowest BCUT2D eigenvalue weighted by Crippen LogP contribution is -1.97. The van der Waals surface area contributed by atoms with Crippen LogP contribution < -0.4 is 10.5 Å². The van der Waals surface area contributed by atoms with Crippen LogP contribution in [0.1, 0.15) is 13.8 Å². The summed E-state index contributed by atoms with van der Waals surface area (Å²) in [5, 5.41) is 12.0. The average molecular weight is 182 g/mol. The molecule has 0 aromatic carbocycles. The Hall–Kier alpha value is -1.70. The largest absolute Gasteiger partial charge is 0.460 e. The minimum absolute atomic E-state index is 0.0266. The Morgan fingerprint density at radius 1 is 1.69 bits per heavy atom. The second kappa shape index (κ2) is 5.89. The molecule has 0 atom stereocenters. The van der Waals surface area contributed by atoms with E-state index >= 15 is 0 Å². The summed E-state index contributed by atoms with van der Waals surface area (Å²) in [6.45, 7) is 3.97. The molecule has 5 nitrogen and oxygen atoms in total. The first kappa shape index (κ1) is 11.3. The van der Waals surface area contributed by atoms with Crippen molar-refractivity contribution >= 4 is 5.69 Å². The molecule has 0 aliphatic rings. The molecule has 0 aliphatic carbocycles. The number of hydrogen-bond acceptors (Lipinski definition) is 4. The van der Waals surface area contributed by atoms with Crippen LogP contribution in [0, 0.1) is 11.3 Å². The molecule has 2 N–H and O–H groups in total. The van der Waals surface area contributed by atoms with E-state index in [0.29, 0.717) is 11.6 Å². The minimum atomic E-state index is -0.0266. The molecule has 13 heavy (non-hydrogen) atoms. The van der Waals surface area contributed by atoms with Crippen LogP contribution in [-0.2, 0) is 7.05 Å². The highest BCUT2D eigenvalue weighted by Crippen LogP contribution is 2.16. The van der Waals surface area contributed by atoms with Crippen LogP contribution in [0.5, 0.6) is 5.88 Å². The van der Waals surface area contributed by atoms with Crippen molar-refractivity contribution in [1.82, 2.24) is 9.78 Å². The van der Waals surface area contributed by atoms with Gasteiger partial charge >= 0.3 is 0 Å². The van der Waals surface area contributed by atoms with Crippen molar-refractivity contribution in [2.45, 2.75) is 13.8 Å². The van der Waals surface area contributed by atoms with Gasteiger partial charge in [-0.2, -0.15) is 5.26 Å². The predicted molar refractivity (Wildman–Crippen MR) is 50.1 cm³/mol. The molecule has 0 saturated carbocycles. The molecular weight excluding hydrogens is 168 g/mol. The fourth-order valence-corrected chi connectivity index (χ4v) is 0.699. The summed E-state index contributed by atoms with van der Waals surface area (Å²) in [4.78, 5) is 0. The van der Waals surface area contributed by atoms with Gasteiger partial charge in [0.2, 0.25) is 0 Å². The second-order valence-electron chi connectivity index (χ2n) is 2.01. The van der Waals surface area contributed by atoms with E-state index in [4.69, 9.17) is 15.7 Å². The molecule has 0 saturated heterocycles. The zero-order chi connectivity index (χ0) is 10.3. The molecule has 0 fully saturated rings. The molecule has 0 amide bonds. The van der Waals surface area contributed by atoms with Gasteiger partial charge in [-0.15, -0.1) is 5.10 Å². The Balaban J connectivity index is 0.000000671. The van der Waals surface area contributed by atoms with Gasteiger partial charge in [-0.1, -0.05) is 13.8 Å². The van der Waals surface area contributed by atoms with E-state index in [1.54, 1.807) is 13.2 Å². The summed E-state index contributed by atoms with van der Waals surface area (Å²) in [6.07, 6.45) is 1.62. The van der Waals surface area contributed by atoms with Crippen molar-refractivity contribution in [2.75, 3.05) is 12.3 Å². The van der Waals surface area contributed by atoms with Gasteiger partial charge in [-0.3, -0.25) is 4.68 Å². The molecule has 0 radical (unpaired) electrons. The van der Waals surface area contributed by atoms with Crippen molar-refractivity contribution in [1.29, 1.82) is 5.26 Å². The fourth-order valence-electron chi connectivity index (χ4n) is 0.699. The highest BCUT2D eigenvalue weighted by molar-refractivity contribution is 5.45.